The topological polar surface area (TPSA) is 75.3 Å². The minimum atomic E-state index is -1.06. The fourth-order valence-corrected chi connectivity index (χ4v) is 2.45. The molecule has 19 heavy (non-hydrogen) atoms. The maximum Gasteiger partial charge on any atom is 0.356 e. The first-order chi connectivity index (χ1) is 8.82. The summed E-state index contributed by atoms with van der Waals surface area (Å²) in [5.41, 5.74) is 3.27. The average molecular weight is 325 g/mol. The highest BCUT2D eigenvalue weighted by atomic mass is 79.9. The molecule has 5 nitrogen and oxygen atoms in total. The van der Waals surface area contributed by atoms with Gasteiger partial charge < -0.3 is 10.2 Å². The first-order valence-corrected chi connectivity index (χ1v) is 6.38. The molecule has 1 aromatic heterocycles. The number of carboxylic acids is 1. The van der Waals surface area contributed by atoms with Crippen LogP contribution in [-0.2, 0) is 7.05 Å². The number of rotatable bonds is 2. The SMILES string of the molecule is Cc1cc(O)c(Br)c(C)c1-c1cc(C(=O)O)nn1C. The monoisotopic (exact) mass is 324 g/mol. The number of aryl methyl sites for hydroxylation is 2. The molecule has 100 valence electrons. The fraction of sp³-hybridized carbons (Fsp3) is 0.231. The molecular weight excluding hydrogens is 312 g/mol. The number of aromatic hydroxyl groups is 1. The number of aromatic carboxylic acids is 1. The van der Waals surface area contributed by atoms with Crippen LogP contribution in [0.5, 0.6) is 5.75 Å². The van der Waals surface area contributed by atoms with Gasteiger partial charge >= 0.3 is 5.97 Å². The van der Waals surface area contributed by atoms with Crippen molar-refractivity contribution in [2.45, 2.75) is 13.8 Å². The maximum absolute atomic E-state index is 11.0. The van der Waals surface area contributed by atoms with Crippen molar-refractivity contribution < 1.29 is 15.0 Å². The van der Waals surface area contributed by atoms with Gasteiger partial charge in [-0.1, -0.05) is 0 Å². The number of phenolic OH excluding ortho intramolecular Hbond substituents is 1. The van der Waals surface area contributed by atoms with Gasteiger partial charge in [-0.25, -0.2) is 4.79 Å². The normalized spacial score (nSPS) is 10.7. The number of carboxylic acid groups (broad SMARTS) is 1. The molecule has 0 aliphatic carbocycles. The Morgan fingerprint density at radius 3 is 2.53 bits per heavy atom. The quantitative estimate of drug-likeness (QED) is 0.890. The van der Waals surface area contributed by atoms with Crippen LogP contribution < -0.4 is 0 Å². The summed E-state index contributed by atoms with van der Waals surface area (Å²) in [6.07, 6.45) is 0. The van der Waals surface area contributed by atoms with Crippen molar-refractivity contribution in [3.63, 3.8) is 0 Å². The Hall–Kier alpha value is -1.82. The Morgan fingerprint density at radius 1 is 1.37 bits per heavy atom. The van der Waals surface area contributed by atoms with Crippen molar-refractivity contribution in [3.05, 3.63) is 33.4 Å². The van der Waals surface area contributed by atoms with Gasteiger partial charge in [-0.3, -0.25) is 4.68 Å². The van der Waals surface area contributed by atoms with Crippen LogP contribution in [0.25, 0.3) is 11.3 Å². The molecule has 0 spiro atoms. The minimum absolute atomic E-state index is 0.000461. The highest BCUT2D eigenvalue weighted by molar-refractivity contribution is 9.10. The summed E-state index contributed by atoms with van der Waals surface area (Å²) < 4.78 is 2.13. The van der Waals surface area contributed by atoms with Crippen molar-refractivity contribution >= 4 is 21.9 Å². The van der Waals surface area contributed by atoms with Crippen LogP contribution in [0.15, 0.2) is 16.6 Å². The summed E-state index contributed by atoms with van der Waals surface area (Å²) in [4.78, 5) is 11.0. The summed E-state index contributed by atoms with van der Waals surface area (Å²) in [5, 5.41) is 22.7. The number of hydrogen-bond donors (Lipinski definition) is 2. The Labute approximate surface area is 118 Å². The first kappa shape index (κ1) is 13.6. The van der Waals surface area contributed by atoms with Gasteiger partial charge in [0, 0.05) is 12.6 Å². The van der Waals surface area contributed by atoms with E-state index in [2.05, 4.69) is 21.0 Å². The lowest BCUT2D eigenvalue weighted by Crippen LogP contribution is -2.00. The summed E-state index contributed by atoms with van der Waals surface area (Å²) in [7, 11) is 1.70. The van der Waals surface area contributed by atoms with Crippen molar-refractivity contribution in [3.8, 4) is 17.0 Å². The number of phenols is 1. The predicted octanol–water partition coefficient (Wildman–Crippen LogP) is 2.87. The molecule has 1 aromatic carbocycles. The van der Waals surface area contributed by atoms with Gasteiger partial charge in [0.25, 0.3) is 0 Å². The van der Waals surface area contributed by atoms with E-state index in [1.165, 1.54) is 10.7 Å². The van der Waals surface area contributed by atoms with E-state index >= 15 is 0 Å². The standard InChI is InChI=1S/C13H13BrN2O3/c1-6-4-10(17)12(14)7(2)11(6)9-5-8(13(18)19)15-16(9)3/h4-5,17H,1-3H3,(H,18,19). The van der Waals surface area contributed by atoms with Crippen LogP contribution in [0.1, 0.15) is 21.6 Å². The molecular formula is C13H13BrN2O3. The van der Waals surface area contributed by atoms with Crippen LogP contribution >= 0.6 is 15.9 Å². The van der Waals surface area contributed by atoms with Crippen molar-refractivity contribution in [1.29, 1.82) is 0 Å². The molecule has 2 rings (SSSR count). The van der Waals surface area contributed by atoms with Gasteiger partial charge in [0.2, 0.25) is 0 Å². The van der Waals surface area contributed by atoms with Gasteiger partial charge in [-0.15, -0.1) is 0 Å². The summed E-state index contributed by atoms with van der Waals surface area (Å²) in [5.74, 6) is -0.894. The molecule has 0 saturated carbocycles. The van der Waals surface area contributed by atoms with E-state index in [0.717, 1.165) is 16.7 Å². The molecule has 0 fully saturated rings. The van der Waals surface area contributed by atoms with Crippen molar-refractivity contribution in [2.24, 2.45) is 7.05 Å². The molecule has 0 saturated heterocycles. The van der Waals surface area contributed by atoms with E-state index < -0.39 is 5.97 Å². The molecule has 2 N–H and O–H groups in total. The van der Waals surface area contributed by atoms with Crippen LogP contribution in [0, 0.1) is 13.8 Å². The molecule has 0 atom stereocenters. The molecule has 2 aromatic rings. The maximum atomic E-state index is 11.0. The number of carbonyl (C=O) groups is 1. The van der Waals surface area contributed by atoms with Crippen LogP contribution in [0.2, 0.25) is 0 Å². The Balaban J connectivity index is 2.72. The Morgan fingerprint density at radius 2 is 2.00 bits per heavy atom. The highest BCUT2D eigenvalue weighted by Gasteiger charge is 2.18. The van der Waals surface area contributed by atoms with Gasteiger partial charge in [-0.05, 0) is 53.0 Å². The van der Waals surface area contributed by atoms with Crippen molar-refractivity contribution in [2.75, 3.05) is 0 Å². The van der Waals surface area contributed by atoms with E-state index in [4.69, 9.17) is 5.11 Å². The molecule has 0 aliphatic heterocycles. The number of benzene rings is 1. The van der Waals surface area contributed by atoms with Crippen LogP contribution in [0.3, 0.4) is 0 Å². The molecule has 6 heteroatoms. The second kappa shape index (κ2) is 4.70. The van der Waals surface area contributed by atoms with Gasteiger partial charge in [0.1, 0.15) is 5.75 Å². The summed E-state index contributed by atoms with van der Waals surface area (Å²) in [6.45, 7) is 3.72. The summed E-state index contributed by atoms with van der Waals surface area (Å²) in [6, 6.07) is 3.17. The highest BCUT2D eigenvalue weighted by Crippen LogP contribution is 2.37. The molecule has 1 heterocycles. The van der Waals surface area contributed by atoms with Crippen molar-refractivity contribution in [1.82, 2.24) is 9.78 Å². The predicted molar refractivity (Wildman–Crippen MR) is 74.4 cm³/mol. The Bertz CT molecular complexity index is 677. The first-order valence-electron chi connectivity index (χ1n) is 5.59. The lowest BCUT2D eigenvalue weighted by molar-refractivity contribution is 0.0689. The second-order valence-electron chi connectivity index (χ2n) is 4.37. The molecule has 0 unspecified atom stereocenters. The van der Waals surface area contributed by atoms with Crippen LogP contribution in [-0.4, -0.2) is 26.0 Å². The summed E-state index contributed by atoms with van der Waals surface area (Å²) >= 11 is 3.33. The number of hydrogen-bond acceptors (Lipinski definition) is 3. The van der Waals surface area contributed by atoms with E-state index in [0.29, 0.717) is 10.2 Å². The third-order valence-corrected chi connectivity index (χ3v) is 4.03. The lowest BCUT2D eigenvalue weighted by Gasteiger charge is -2.13. The molecule has 0 bridgehead atoms. The number of nitrogens with zero attached hydrogens (tertiary/aromatic N) is 2. The average Bonchev–Trinajstić information content (AvgIpc) is 2.69. The van der Waals surface area contributed by atoms with Gasteiger partial charge in [0.05, 0.1) is 10.2 Å². The molecule has 0 amide bonds. The zero-order valence-electron chi connectivity index (χ0n) is 10.7. The van der Waals surface area contributed by atoms with E-state index in [9.17, 15) is 9.90 Å². The third-order valence-electron chi connectivity index (χ3n) is 3.03. The third kappa shape index (κ3) is 2.23. The van der Waals surface area contributed by atoms with E-state index in [1.54, 1.807) is 13.1 Å². The van der Waals surface area contributed by atoms with Gasteiger partial charge in [0.15, 0.2) is 5.69 Å². The van der Waals surface area contributed by atoms with E-state index in [1.807, 2.05) is 13.8 Å². The molecule has 0 aliphatic rings. The van der Waals surface area contributed by atoms with E-state index in [-0.39, 0.29) is 11.4 Å². The second-order valence-corrected chi connectivity index (χ2v) is 5.16. The Kier molecular flexibility index (Phi) is 3.36. The zero-order chi connectivity index (χ0) is 14.3. The van der Waals surface area contributed by atoms with Gasteiger partial charge in [-0.2, -0.15) is 5.10 Å². The largest absolute Gasteiger partial charge is 0.507 e. The lowest BCUT2D eigenvalue weighted by atomic mass is 9.99. The minimum Gasteiger partial charge on any atom is -0.507 e. The zero-order valence-corrected chi connectivity index (χ0v) is 12.3. The smallest absolute Gasteiger partial charge is 0.356 e. The number of aromatic nitrogens is 2. The molecule has 0 radical (unpaired) electrons. The van der Waals surface area contributed by atoms with Crippen LogP contribution in [0.4, 0.5) is 0 Å². The fourth-order valence-electron chi connectivity index (χ4n) is 2.14. The number of halogens is 1.